The maximum Gasteiger partial charge on any atom is 0.231 e. The molecule has 0 saturated heterocycles. The lowest BCUT2D eigenvalue weighted by Crippen LogP contribution is -1.96. The largest absolute Gasteiger partial charge is 0.454 e. The smallest absolute Gasteiger partial charge is 0.231 e. The van der Waals surface area contributed by atoms with Gasteiger partial charge in [0.1, 0.15) is 0 Å². The molecule has 5 rings (SSSR count). The molecule has 0 saturated carbocycles. The number of rotatable bonds is 4. The fourth-order valence-electron chi connectivity index (χ4n) is 2.70. The Hall–Kier alpha value is -3.13. The van der Waals surface area contributed by atoms with Crippen LogP contribution in [0.5, 0.6) is 11.5 Å². The van der Waals surface area contributed by atoms with E-state index in [1.165, 1.54) is 0 Å². The van der Waals surface area contributed by atoms with Gasteiger partial charge in [-0.3, -0.25) is 4.98 Å². The van der Waals surface area contributed by atoms with Crippen molar-refractivity contribution in [2.24, 2.45) is 0 Å². The van der Waals surface area contributed by atoms with Crippen LogP contribution in [0.3, 0.4) is 0 Å². The SMILES string of the molecule is c1cncc(CSc2nnc3ccc(-c4ccc5c(c4)OCO5)nn23)c1. The van der Waals surface area contributed by atoms with Gasteiger partial charge in [0.05, 0.1) is 5.69 Å². The van der Waals surface area contributed by atoms with Crippen LogP contribution in [-0.4, -0.2) is 31.6 Å². The zero-order valence-electron chi connectivity index (χ0n) is 13.6. The number of fused-ring (bicyclic) bond motifs is 2. The van der Waals surface area contributed by atoms with Crippen molar-refractivity contribution >= 4 is 17.4 Å². The Balaban J connectivity index is 1.47. The van der Waals surface area contributed by atoms with E-state index in [0.717, 1.165) is 39.2 Å². The van der Waals surface area contributed by atoms with Crippen molar-refractivity contribution in [1.29, 1.82) is 0 Å². The molecule has 0 radical (unpaired) electrons. The van der Waals surface area contributed by atoms with Gasteiger partial charge in [0.2, 0.25) is 11.9 Å². The number of thioether (sulfide) groups is 1. The summed E-state index contributed by atoms with van der Waals surface area (Å²) in [4.78, 5) is 4.14. The lowest BCUT2D eigenvalue weighted by Gasteiger charge is -2.04. The van der Waals surface area contributed by atoms with E-state index in [4.69, 9.17) is 14.6 Å². The van der Waals surface area contributed by atoms with Crippen LogP contribution in [0.25, 0.3) is 16.9 Å². The maximum atomic E-state index is 5.45. The normalized spacial score (nSPS) is 12.6. The number of benzene rings is 1. The summed E-state index contributed by atoms with van der Waals surface area (Å²) >= 11 is 1.58. The van der Waals surface area contributed by atoms with Crippen LogP contribution in [0.15, 0.2) is 60.0 Å². The van der Waals surface area contributed by atoms with Gasteiger partial charge in [0, 0.05) is 23.7 Å². The van der Waals surface area contributed by atoms with Crippen LogP contribution < -0.4 is 9.47 Å². The van der Waals surface area contributed by atoms with E-state index in [1.807, 2.05) is 48.7 Å². The number of hydrogen-bond acceptors (Lipinski definition) is 7. The molecule has 0 spiro atoms. The molecule has 0 fully saturated rings. The minimum Gasteiger partial charge on any atom is -0.454 e. The molecule has 0 atom stereocenters. The highest BCUT2D eigenvalue weighted by molar-refractivity contribution is 7.98. The molecule has 7 nitrogen and oxygen atoms in total. The van der Waals surface area contributed by atoms with Crippen molar-refractivity contribution in [2.45, 2.75) is 10.9 Å². The summed E-state index contributed by atoms with van der Waals surface area (Å²) < 4.78 is 12.6. The van der Waals surface area contributed by atoms with Gasteiger partial charge in [-0.1, -0.05) is 17.8 Å². The van der Waals surface area contributed by atoms with Gasteiger partial charge in [0.25, 0.3) is 0 Å². The Bertz CT molecular complexity index is 1080. The van der Waals surface area contributed by atoms with E-state index in [2.05, 4.69) is 15.2 Å². The summed E-state index contributed by atoms with van der Waals surface area (Å²) in [5.74, 6) is 2.25. The molecule has 1 aromatic carbocycles. The Morgan fingerprint density at radius 1 is 1.04 bits per heavy atom. The van der Waals surface area contributed by atoms with Crippen LogP contribution in [-0.2, 0) is 5.75 Å². The monoisotopic (exact) mass is 363 g/mol. The van der Waals surface area contributed by atoms with E-state index < -0.39 is 0 Å². The molecule has 4 heterocycles. The number of pyridine rings is 1. The Kier molecular flexibility index (Phi) is 3.67. The second-order valence-electron chi connectivity index (χ2n) is 5.69. The van der Waals surface area contributed by atoms with Crippen molar-refractivity contribution in [3.63, 3.8) is 0 Å². The van der Waals surface area contributed by atoms with Gasteiger partial charge in [-0.05, 0) is 42.0 Å². The van der Waals surface area contributed by atoms with Gasteiger partial charge in [-0.2, -0.15) is 9.61 Å². The maximum absolute atomic E-state index is 5.45. The summed E-state index contributed by atoms with van der Waals surface area (Å²) in [7, 11) is 0. The standard InChI is InChI=1S/C18H13N5O2S/c1-2-12(9-19-7-1)10-26-18-21-20-17-6-4-14(22-23(17)18)13-3-5-15-16(8-13)25-11-24-15/h1-9H,10-11H2. The van der Waals surface area contributed by atoms with Crippen molar-refractivity contribution in [1.82, 2.24) is 24.8 Å². The van der Waals surface area contributed by atoms with E-state index in [9.17, 15) is 0 Å². The number of aromatic nitrogens is 5. The molecule has 128 valence electrons. The summed E-state index contributed by atoms with van der Waals surface area (Å²) in [5.41, 5.74) is 3.61. The predicted octanol–water partition coefficient (Wildman–Crippen LogP) is 3.21. The summed E-state index contributed by atoms with van der Waals surface area (Å²) in [6, 6.07) is 13.6. The zero-order valence-corrected chi connectivity index (χ0v) is 14.4. The van der Waals surface area contributed by atoms with Crippen LogP contribution >= 0.6 is 11.8 Å². The average Bonchev–Trinajstić information content (AvgIpc) is 3.33. The minimum absolute atomic E-state index is 0.256. The molecule has 0 aliphatic carbocycles. The summed E-state index contributed by atoms with van der Waals surface area (Å²) in [6.45, 7) is 0.256. The summed E-state index contributed by atoms with van der Waals surface area (Å²) in [5, 5.41) is 13.9. The molecule has 8 heteroatoms. The minimum atomic E-state index is 0.256. The highest BCUT2D eigenvalue weighted by Gasteiger charge is 2.15. The first-order valence-corrected chi connectivity index (χ1v) is 8.99. The fraction of sp³-hybridized carbons (Fsp3) is 0.111. The van der Waals surface area contributed by atoms with Gasteiger partial charge < -0.3 is 9.47 Å². The van der Waals surface area contributed by atoms with Crippen molar-refractivity contribution in [3.05, 3.63) is 60.4 Å². The van der Waals surface area contributed by atoms with Crippen molar-refractivity contribution in [3.8, 4) is 22.8 Å². The molecule has 26 heavy (non-hydrogen) atoms. The molecule has 0 N–H and O–H groups in total. The third-order valence-corrected chi connectivity index (χ3v) is 4.98. The second-order valence-corrected chi connectivity index (χ2v) is 6.63. The Morgan fingerprint density at radius 2 is 2.00 bits per heavy atom. The van der Waals surface area contributed by atoms with Crippen LogP contribution in [0, 0.1) is 0 Å². The third kappa shape index (κ3) is 2.74. The van der Waals surface area contributed by atoms with Crippen LogP contribution in [0.2, 0.25) is 0 Å². The van der Waals surface area contributed by atoms with E-state index in [-0.39, 0.29) is 6.79 Å². The molecule has 0 bridgehead atoms. The van der Waals surface area contributed by atoms with Gasteiger partial charge in [0.15, 0.2) is 17.1 Å². The van der Waals surface area contributed by atoms with E-state index in [1.54, 1.807) is 22.5 Å². The molecule has 4 aromatic rings. The Labute approximate surface area is 153 Å². The third-order valence-electron chi connectivity index (χ3n) is 3.99. The van der Waals surface area contributed by atoms with Crippen molar-refractivity contribution in [2.75, 3.05) is 6.79 Å². The highest BCUT2D eigenvalue weighted by Crippen LogP contribution is 2.35. The molecule has 1 aliphatic heterocycles. The first kappa shape index (κ1) is 15.2. The quantitative estimate of drug-likeness (QED) is 0.515. The van der Waals surface area contributed by atoms with Gasteiger partial charge in [-0.15, -0.1) is 10.2 Å². The van der Waals surface area contributed by atoms with Crippen molar-refractivity contribution < 1.29 is 9.47 Å². The van der Waals surface area contributed by atoms with Crippen LogP contribution in [0.4, 0.5) is 0 Å². The van der Waals surface area contributed by atoms with Gasteiger partial charge in [-0.25, -0.2) is 0 Å². The first-order valence-electron chi connectivity index (χ1n) is 8.01. The lowest BCUT2D eigenvalue weighted by atomic mass is 10.1. The fourth-order valence-corrected chi connectivity index (χ4v) is 3.52. The van der Waals surface area contributed by atoms with Crippen LogP contribution in [0.1, 0.15) is 5.56 Å². The molecule has 0 amide bonds. The number of hydrogen-bond donors (Lipinski definition) is 0. The first-order chi connectivity index (χ1) is 12.9. The predicted molar refractivity (Wildman–Crippen MR) is 96.1 cm³/mol. The van der Waals surface area contributed by atoms with Gasteiger partial charge >= 0.3 is 0 Å². The number of nitrogens with zero attached hydrogens (tertiary/aromatic N) is 5. The summed E-state index contributed by atoms with van der Waals surface area (Å²) in [6.07, 6.45) is 3.61. The molecule has 1 aliphatic rings. The zero-order chi connectivity index (χ0) is 17.3. The number of ether oxygens (including phenoxy) is 2. The molecule has 0 unspecified atom stereocenters. The highest BCUT2D eigenvalue weighted by atomic mass is 32.2. The lowest BCUT2D eigenvalue weighted by molar-refractivity contribution is 0.174. The second kappa shape index (κ2) is 6.30. The van der Waals surface area contributed by atoms with E-state index >= 15 is 0 Å². The molecular formula is C18H13N5O2S. The average molecular weight is 363 g/mol. The van der Waals surface area contributed by atoms with E-state index in [0.29, 0.717) is 5.65 Å². The molecular weight excluding hydrogens is 350 g/mol. The Morgan fingerprint density at radius 3 is 2.92 bits per heavy atom. The molecule has 3 aromatic heterocycles. The topological polar surface area (TPSA) is 74.4 Å².